The molecule has 0 radical (unpaired) electrons. The number of hydrogen-bond acceptors (Lipinski definition) is 7. The number of primary amides is 1. The van der Waals surface area contributed by atoms with Gasteiger partial charge < -0.3 is 21.5 Å². The average molecular weight is 380 g/mol. The number of aromatic nitrogens is 3. The van der Waals surface area contributed by atoms with E-state index in [1.165, 1.54) is 6.20 Å². The van der Waals surface area contributed by atoms with E-state index in [9.17, 15) is 9.90 Å². The van der Waals surface area contributed by atoms with Gasteiger partial charge in [-0.3, -0.25) is 4.79 Å². The van der Waals surface area contributed by atoms with E-state index in [2.05, 4.69) is 25.8 Å². The molecule has 8 nitrogen and oxygen atoms in total. The largest absolute Gasteiger partial charge is 0.390 e. The standard InChI is InChI=1S/C20H24N6O2/c21-19(27)14-10-22-17(25-16-2-1-3-23-26-16)6-15(14)24-18-12-4-11-5-13(18)9-20(28,7-11)8-12/h1-3,6,10-13,18,28H,4-5,7-9H2,(H2,21,27)(H2,22,24,25,26)/t11?,12-,13+,18?,20?. The monoisotopic (exact) mass is 380 g/mol. The van der Waals surface area contributed by atoms with Crippen molar-refractivity contribution in [3.8, 4) is 0 Å². The topological polar surface area (TPSA) is 126 Å². The number of aliphatic hydroxyl groups is 1. The third-order valence-electron chi connectivity index (χ3n) is 6.56. The maximum absolute atomic E-state index is 11.9. The summed E-state index contributed by atoms with van der Waals surface area (Å²) in [4.78, 5) is 16.2. The van der Waals surface area contributed by atoms with Crippen LogP contribution in [0.2, 0.25) is 0 Å². The van der Waals surface area contributed by atoms with E-state index < -0.39 is 11.5 Å². The number of amides is 1. The fraction of sp³-hybridized carbons (Fsp3) is 0.500. The second-order valence-corrected chi connectivity index (χ2v) is 8.58. The molecule has 6 rings (SSSR count). The average Bonchev–Trinajstić information content (AvgIpc) is 2.64. The molecule has 1 amide bonds. The maximum Gasteiger partial charge on any atom is 0.252 e. The molecule has 8 heteroatoms. The third-order valence-corrected chi connectivity index (χ3v) is 6.56. The SMILES string of the molecule is NC(=O)c1cnc(Nc2cccnn2)cc1NC1[C@@H]2CC3C[C@H]1CC(O)(C3)C2. The highest BCUT2D eigenvalue weighted by Crippen LogP contribution is 2.56. The summed E-state index contributed by atoms with van der Waals surface area (Å²) in [6.07, 6.45) is 7.98. The number of carbonyl (C=O) groups excluding carboxylic acids is 1. The third kappa shape index (κ3) is 3.07. The summed E-state index contributed by atoms with van der Waals surface area (Å²) in [6, 6.07) is 5.62. The fourth-order valence-corrected chi connectivity index (χ4v) is 5.74. The Balaban J connectivity index is 1.42. The second-order valence-electron chi connectivity index (χ2n) is 8.58. The van der Waals surface area contributed by atoms with Crippen molar-refractivity contribution in [1.82, 2.24) is 15.2 Å². The molecule has 4 fully saturated rings. The highest BCUT2D eigenvalue weighted by atomic mass is 16.3. The van der Waals surface area contributed by atoms with Crippen LogP contribution in [0.15, 0.2) is 30.6 Å². The van der Waals surface area contributed by atoms with Gasteiger partial charge in [0.1, 0.15) is 5.82 Å². The van der Waals surface area contributed by atoms with E-state index in [1.54, 1.807) is 24.4 Å². The predicted molar refractivity (Wildman–Crippen MR) is 104 cm³/mol. The van der Waals surface area contributed by atoms with Gasteiger partial charge in [-0.2, -0.15) is 5.10 Å². The highest BCUT2D eigenvalue weighted by Gasteiger charge is 2.54. The first-order valence-electron chi connectivity index (χ1n) is 9.83. The minimum atomic E-state index is -0.511. The first kappa shape index (κ1) is 17.4. The zero-order valence-electron chi connectivity index (χ0n) is 15.5. The quantitative estimate of drug-likeness (QED) is 0.625. The number of carbonyl (C=O) groups is 1. The molecule has 146 valence electrons. The molecular formula is C20H24N6O2. The van der Waals surface area contributed by atoms with Crippen molar-refractivity contribution in [2.75, 3.05) is 10.6 Å². The van der Waals surface area contributed by atoms with Crippen LogP contribution in [0.25, 0.3) is 0 Å². The molecule has 0 aromatic carbocycles. The number of anilines is 3. The van der Waals surface area contributed by atoms with Crippen molar-refractivity contribution in [1.29, 1.82) is 0 Å². The molecule has 0 saturated heterocycles. The molecule has 4 bridgehead atoms. The molecule has 5 atom stereocenters. The Morgan fingerprint density at radius 1 is 1.21 bits per heavy atom. The lowest BCUT2D eigenvalue weighted by atomic mass is 9.52. The molecule has 5 N–H and O–H groups in total. The van der Waals surface area contributed by atoms with Crippen LogP contribution in [0.4, 0.5) is 17.3 Å². The van der Waals surface area contributed by atoms with Crippen LogP contribution >= 0.6 is 0 Å². The first-order valence-corrected chi connectivity index (χ1v) is 9.83. The summed E-state index contributed by atoms with van der Waals surface area (Å²) in [5, 5.41) is 25.3. The molecule has 0 spiro atoms. The molecule has 4 aliphatic rings. The lowest BCUT2D eigenvalue weighted by Gasteiger charge is -2.58. The van der Waals surface area contributed by atoms with Crippen LogP contribution in [-0.4, -0.2) is 37.8 Å². The molecular weight excluding hydrogens is 356 g/mol. The Morgan fingerprint density at radius 3 is 2.64 bits per heavy atom. The van der Waals surface area contributed by atoms with E-state index in [0.29, 0.717) is 40.6 Å². The van der Waals surface area contributed by atoms with E-state index in [-0.39, 0.29) is 6.04 Å². The zero-order chi connectivity index (χ0) is 19.3. The van der Waals surface area contributed by atoms with Crippen molar-refractivity contribution in [2.24, 2.45) is 23.5 Å². The molecule has 2 heterocycles. The summed E-state index contributed by atoms with van der Waals surface area (Å²) < 4.78 is 0. The van der Waals surface area contributed by atoms with E-state index in [4.69, 9.17) is 5.73 Å². The molecule has 2 aromatic rings. The zero-order valence-corrected chi connectivity index (χ0v) is 15.5. The Kier molecular flexibility index (Phi) is 3.97. The van der Waals surface area contributed by atoms with Crippen molar-refractivity contribution < 1.29 is 9.90 Å². The van der Waals surface area contributed by atoms with Gasteiger partial charge in [0.05, 0.1) is 16.9 Å². The number of pyridine rings is 1. The molecule has 2 aromatic heterocycles. The lowest BCUT2D eigenvalue weighted by molar-refractivity contribution is -0.129. The van der Waals surface area contributed by atoms with Crippen molar-refractivity contribution in [2.45, 2.75) is 43.7 Å². The van der Waals surface area contributed by atoms with Gasteiger partial charge in [0, 0.05) is 24.5 Å². The maximum atomic E-state index is 11.9. The minimum absolute atomic E-state index is 0.238. The Labute approximate surface area is 163 Å². The van der Waals surface area contributed by atoms with Crippen LogP contribution in [0.5, 0.6) is 0 Å². The van der Waals surface area contributed by atoms with Crippen molar-refractivity contribution >= 4 is 23.2 Å². The summed E-state index contributed by atoms with van der Waals surface area (Å²) >= 11 is 0. The van der Waals surface area contributed by atoms with Crippen molar-refractivity contribution in [3.05, 3.63) is 36.2 Å². The van der Waals surface area contributed by atoms with Gasteiger partial charge in [-0.05, 0) is 62.0 Å². The van der Waals surface area contributed by atoms with Gasteiger partial charge in [-0.15, -0.1) is 5.10 Å². The van der Waals surface area contributed by atoms with Crippen LogP contribution in [0.1, 0.15) is 42.5 Å². The van der Waals surface area contributed by atoms with Crippen molar-refractivity contribution in [3.63, 3.8) is 0 Å². The molecule has 0 aliphatic heterocycles. The number of rotatable bonds is 5. The van der Waals surface area contributed by atoms with Gasteiger partial charge in [-0.25, -0.2) is 4.98 Å². The summed E-state index contributed by atoms with van der Waals surface area (Å²) in [5.41, 5.74) is 6.15. The van der Waals surface area contributed by atoms with Crippen LogP contribution in [-0.2, 0) is 0 Å². The molecule has 28 heavy (non-hydrogen) atoms. The Morgan fingerprint density at radius 2 is 2.00 bits per heavy atom. The minimum Gasteiger partial charge on any atom is -0.390 e. The fourth-order valence-electron chi connectivity index (χ4n) is 5.74. The van der Waals surface area contributed by atoms with Gasteiger partial charge in [-0.1, -0.05) is 0 Å². The van der Waals surface area contributed by atoms with E-state index >= 15 is 0 Å². The number of hydrogen-bond donors (Lipinski definition) is 4. The smallest absolute Gasteiger partial charge is 0.252 e. The van der Waals surface area contributed by atoms with Gasteiger partial charge in [0.15, 0.2) is 5.82 Å². The molecule has 4 aliphatic carbocycles. The lowest BCUT2D eigenvalue weighted by Crippen LogP contribution is -2.59. The van der Waals surface area contributed by atoms with Crippen LogP contribution < -0.4 is 16.4 Å². The highest BCUT2D eigenvalue weighted by molar-refractivity contribution is 5.98. The van der Waals surface area contributed by atoms with Crippen LogP contribution in [0, 0.1) is 17.8 Å². The first-order chi connectivity index (χ1) is 13.5. The van der Waals surface area contributed by atoms with E-state index in [1.807, 2.05) is 0 Å². The predicted octanol–water partition coefficient (Wildman–Crippen LogP) is 2.07. The van der Waals surface area contributed by atoms with Gasteiger partial charge >= 0.3 is 0 Å². The number of nitrogens with one attached hydrogen (secondary N) is 2. The Bertz CT molecular complexity index is 889. The van der Waals surface area contributed by atoms with Crippen LogP contribution in [0.3, 0.4) is 0 Å². The number of nitrogens with zero attached hydrogens (tertiary/aromatic N) is 3. The Hall–Kier alpha value is -2.74. The number of nitrogens with two attached hydrogens (primary N) is 1. The summed E-state index contributed by atoms with van der Waals surface area (Å²) in [6.45, 7) is 0. The summed E-state index contributed by atoms with van der Waals surface area (Å²) in [7, 11) is 0. The molecule has 3 unspecified atom stereocenters. The van der Waals surface area contributed by atoms with E-state index in [0.717, 1.165) is 32.1 Å². The summed E-state index contributed by atoms with van der Waals surface area (Å²) in [5.74, 6) is 2.09. The normalized spacial score (nSPS) is 32.9. The van der Waals surface area contributed by atoms with Gasteiger partial charge in [0.2, 0.25) is 0 Å². The van der Waals surface area contributed by atoms with Gasteiger partial charge in [0.25, 0.3) is 5.91 Å². The second kappa shape index (κ2) is 6.41. The molecule has 4 saturated carbocycles.